The molecule has 1 amide bonds. The molecule has 0 aliphatic carbocycles. The lowest BCUT2D eigenvalue weighted by Gasteiger charge is -2.24. The molecule has 0 heterocycles. The molecule has 0 saturated heterocycles. The van der Waals surface area contributed by atoms with Crippen molar-refractivity contribution in [3.05, 3.63) is 73.7 Å². The van der Waals surface area contributed by atoms with Gasteiger partial charge in [-0.05, 0) is 41.7 Å². The van der Waals surface area contributed by atoms with Crippen molar-refractivity contribution in [1.29, 1.82) is 0 Å². The Morgan fingerprint density at radius 2 is 1.53 bits per heavy atom. The van der Waals surface area contributed by atoms with Gasteiger partial charge >= 0.3 is 12.4 Å². The first kappa shape index (κ1) is 32.0. The first-order valence-electron chi connectivity index (χ1n) is 11.3. The molecular formula is C26H24Cl3F6NO2. The lowest BCUT2D eigenvalue weighted by atomic mass is 9.81. The number of ketones is 1. The number of hydrogen-bond acceptors (Lipinski definition) is 2. The summed E-state index contributed by atoms with van der Waals surface area (Å²) in [6, 6.07) is 4.60. The molecule has 0 saturated carbocycles. The molecule has 2 aromatic rings. The maximum atomic E-state index is 13.8. The molecule has 1 atom stereocenters. The summed E-state index contributed by atoms with van der Waals surface area (Å²) in [5, 5.41) is 2.01. The highest BCUT2D eigenvalue weighted by atomic mass is 35.5. The van der Waals surface area contributed by atoms with Crippen LogP contribution in [0, 0.1) is 5.41 Å². The fraction of sp³-hybridized carbons (Fsp3) is 0.385. The van der Waals surface area contributed by atoms with Crippen LogP contribution in [0.3, 0.4) is 0 Å². The molecule has 38 heavy (non-hydrogen) atoms. The zero-order valence-corrected chi connectivity index (χ0v) is 22.7. The molecule has 0 fully saturated rings. The highest BCUT2D eigenvalue weighted by molar-refractivity contribution is 6.48. The van der Waals surface area contributed by atoms with Crippen LogP contribution in [0.15, 0.2) is 36.4 Å². The topological polar surface area (TPSA) is 46.2 Å². The first-order valence-corrected chi connectivity index (χ1v) is 12.4. The van der Waals surface area contributed by atoms with Crippen molar-refractivity contribution in [2.45, 2.75) is 51.9 Å². The highest BCUT2D eigenvalue weighted by Gasteiger charge is 2.40. The van der Waals surface area contributed by atoms with Crippen molar-refractivity contribution in [3.8, 4) is 0 Å². The number of Topliss-reactive ketones (excluding diaryl/α,β-unsaturated/α-hetero) is 1. The summed E-state index contributed by atoms with van der Waals surface area (Å²) in [6.07, 6.45) is -8.67. The van der Waals surface area contributed by atoms with Gasteiger partial charge in [-0.25, -0.2) is 0 Å². The second kappa shape index (κ2) is 12.3. The van der Waals surface area contributed by atoms with Crippen molar-refractivity contribution >= 4 is 52.6 Å². The second-order valence-electron chi connectivity index (χ2n) is 9.37. The number of carbonyl (C=O) groups is 2. The minimum absolute atomic E-state index is 0.0771. The molecular weight excluding hydrogens is 579 g/mol. The van der Waals surface area contributed by atoms with Crippen LogP contribution in [0.2, 0.25) is 15.1 Å². The predicted molar refractivity (Wildman–Crippen MR) is 137 cm³/mol. The van der Waals surface area contributed by atoms with Gasteiger partial charge in [-0.15, -0.1) is 0 Å². The van der Waals surface area contributed by atoms with Gasteiger partial charge in [0.2, 0.25) is 5.91 Å². The largest absolute Gasteiger partial charge is 0.417 e. The van der Waals surface area contributed by atoms with Crippen molar-refractivity contribution in [2.75, 3.05) is 6.54 Å². The smallest absolute Gasteiger partial charge is 0.356 e. The van der Waals surface area contributed by atoms with E-state index >= 15 is 0 Å². The number of amides is 1. The van der Waals surface area contributed by atoms with Gasteiger partial charge in [0.1, 0.15) is 0 Å². The number of hydrogen-bond donors (Lipinski definition) is 1. The maximum absolute atomic E-state index is 13.8. The number of halogens is 9. The van der Waals surface area contributed by atoms with Gasteiger partial charge in [0.15, 0.2) is 5.78 Å². The van der Waals surface area contributed by atoms with E-state index < -0.39 is 40.6 Å². The third kappa shape index (κ3) is 8.64. The van der Waals surface area contributed by atoms with Gasteiger partial charge in [-0.3, -0.25) is 9.59 Å². The van der Waals surface area contributed by atoms with Crippen molar-refractivity contribution in [2.24, 2.45) is 5.41 Å². The molecule has 0 aromatic heterocycles. The zero-order chi connectivity index (χ0) is 29.1. The molecule has 2 aromatic carbocycles. The number of allylic oxidation sites excluding steroid dienone is 1. The Hall–Kier alpha value is -2.23. The van der Waals surface area contributed by atoms with Crippen molar-refractivity contribution in [3.63, 3.8) is 0 Å². The van der Waals surface area contributed by atoms with E-state index in [1.165, 1.54) is 0 Å². The quantitative estimate of drug-likeness (QED) is 0.177. The van der Waals surface area contributed by atoms with Gasteiger partial charge < -0.3 is 5.32 Å². The molecule has 0 aliphatic heterocycles. The molecule has 1 unspecified atom stereocenters. The fourth-order valence-corrected chi connectivity index (χ4v) is 4.41. The molecule has 1 N–H and O–H groups in total. The van der Waals surface area contributed by atoms with Crippen LogP contribution in [0.5, 0.6) is 0 Å². The van der Waals surface area contributed by atoms with Gasteiger partial charge in [0, 0.05) is 24.9 Å². The minimum atomic E-state index is -4.96. The summed E-state index contributed by atoms with van der Waals surface area (Å²) in [7, 11) is 0. The first-order chi connectivity index (χ1) is 17.4. The number of alkyl halides is 6. The summed E-state index contributed by atoms with van der Waals surface area (Å²) < 4.78 is 82.9. The Kier molecular flexibility index (Phi) is 10.4. The van der Waals surface area contributed by atoms with Crippen LogP contribution < -0.4 is 5.32 Å². The van der Waals surface area contributed by atoms with Crippen LogP contribution in [0.1, 0.15) is 66.6 Å². The fourth-order valence-electron chi connectivity index (χ4n) is 3.80. The molecule has 0 radical (unpaired) electrons. The maximum Gasteiger partial charge on any atom is 0.417 e. The van der Waals surface area contributed by atoms with E-state index in [1.54, 1.807) is 20.8 Å². The minimum Gasteiger partial charge on any atom is -0.356 e. The third-order valence-electron chi connectivity index (χ3n) is 5.50. The molecule has 12 heteroatoms. The SMILES string of the molecule is CCNC(=O)CC(C)(C)CC(=O)c1ccc(/C=C/C(c2cc(Cl)c(Cl)c(Cl)c2)C(F)(F)F)cc1C(F)(F)F. The molecule has 208 valence electrons. The predicted octanol–water partition coefficient (Wildman–Crippen LogP) is 9.15. The number of benzene rings is 2. The Balaban J connectivity index is 2.43. The number of nitrogens with one attached hydrogen (secondary N) is 1. The Labute approximate surface area is 231 Å². The van der Waals surface area contributed by atoms with E-state index in [0.717, 1.165) is 30.3 Å². The summed E-state index contributed by atoms with van der Waals surface area (Å²) in [4.78, 5) is 24.7. The van der Waals surface area contributed by atoms with E-state index in [0.29, 0.717) is 18.7 Å². The summed E-state index contributed by atoms with van der Waals surface area (Å²) in [6.45, 7) is 5.23. The normalized spacial score (nSPS) is 13.6. The summed E-state index contributed by atoms with van der Waals surface area (Å²) >= 11 is 17.5. The summed E-state index contributed by atoms with van der Waals surface area (Å²) in [5.41, 5.74) is -3.43. The van der Waals surface area contributed by atoms with E-state index in [1.807, 2.05) is 0 Å². The lowest BCUT2D eigenvalue weighted by molar-refractivity contribution is -0.139. The van der Waals surface area contributed by atoms with Gasteiger partial charge in [-0.1, -0.05) is 72.9 Å². The molecule has 2 rings (SSSR count). The zero-order valence-electron chi connectivity index (χ0n) is 20.5. The Bertz CT molecular complexity index is 1200. The van der Waals surface area contributed by atoms with E-state index in [2.05, 4.69) is 5.32 Å². The summed E-state index contributed by atoms with van der Waals surface area (Å²) in [5.74, 6) is -3.44. The Morgan fingerprint density at radius 1 is 0.947 bits per heavy atom. The van der Waals surface area contributed by atoms with Gasteiger partial charge in [-0.2, -0.15) is 26.3 Å². The van der Waals surface area contributed by atoms with Crippen LogP contribution in [0.4, 0.5) is 26.3 Å². The highest BCUT2D eigenvalue weighted by Crippen LogP contribution is 2.41. The van der Waals surface area contributed by atoms with E-state index in [-0.39, 0.29) is 44.9 Å². The molecule has 0 spiro atoms. The van der Waals surface area contributed by atoms with Crippen LogP contribution in [0.25, 0.3) is 6.08 Å². The van der Waals surface area contributed by atoms with E-state index in [4.69, 9.17) is 34.8 Å². The number of rotatable bonds is 9. The van der Waals surface area contributed by atoms with Crippen molar-refractivity contribution in [1.82, 2.24) is 5.32 Å². The average molecular weight is 603 g/mol. The van der Waals surface area contributed by atoms with Crippen LogP contribution in [-0.2, 0) is 11.0 Å². The third-order valence-corrected chi connectivity index (χ3v) is 6.70. The lowest BCUT2D eigenvalue weighted by Crippen LogP contribution is -2.30. The molecule has 0 aliphatic rings. The number of carbonyl (C=O) groups excluding carboxylic acids is 2. The average Bonchev–Trinajstić information content (AvgIpc) is 2.75. The molecule has 3 nitrogen and oxygen atoms in total. The standard InChI is InChI=1S/C26H24Cl3F6NO2/c1-4-36-22(38)13-24(2,3)12-21(37)16-7-5-14(9-18(16)26(33,34)35)6-8-17(25(30,31)32)15-10-19(27)23(29)20(28)11-15/h5-11,17H,4,12-13H2,1-3H3,(H,36,38)/b8-6+. The van der Waals surface area contributed by atoms with Crippen LogP contribution >= 0.6 is 34.8 Å². The molecule has 0 bridgehead atoms. The van der Waals surface area contributed by atoms with Crippen molar-refractivity contribution < 1.29 is 35.9 Å². The Morgan fingerprint density at radius 3 is 2.03 bits per heavy atom. The monoisotopic (exact) mass is 601 g/mol. The van der Waals surface area contributed by atoms with Gasteiger partial charge in [0.25, 0.3) is 0 Å². The van der Waals surface area contributed by atoms with Crippen LogP contribution in [-0.4, -0.2) is 24.4 Å². The van der Waals surface area contributed by atoms with E-state index in [9.17, 15) is 35.9 Å². The van der Waals surface area contributed by atoms with Gasteiger partial charge in [0.05, 0.1) is 26.5 Å². The second-order valence-corrected chi connectivity index (χ2v) is 10.6.